The number of hydrogen-bond acceptors (Lipinski definition) is 2. The number of hydrogen-bond donors (Lipinski definition) is 0. The Labute approximate surface area is 91.4 Å². The first-order valence-electron chi connectivity index (χ1n) is 6.34. The molecule has 5 atom stereocenters. The van der Waals surface area contributed by atoms with Crippen molar-refractivity contribution in [1.29, 1.82) is 0 Å². The summed E-state index contributed by atoms with van der Waals surface area (Å²) in [5.41, 5.74) is 0. The molecule has 0 heterocycles. The minimum Gasteiger partial charge on any atom is -0.375 e. The van der Waals surface area contributed by atoms with Crippen LogP contribution in [0, 0.1) is 23.7 Å². The van der Waals surface area contributed by atoms with Crippen LogP contribution in [0.2, 0.25) is 0 Å². The van der Waals surface area contributed by atoms with Crippen LogP contribution in [0.15, 0.2) is 0 Å². The Morgan fingerprint density at radius 1 is 1.20 bits per heavy atom. The van der Waals surface area contributed by atoms with Crippen molar-refractivity contribution in [2.24, 2.45) is 23.7 Å². The molecule has 84 valence electrons. The summed E-state index contributed by atoms with van der Waals surface area (Å²) in [5, 5.41) is 0. The fraction of sp³-hybridized carbons (Fsp3) is 0.923. The lowest BCUT2D eigenvalue weighted by Gasteiger charge is -2.53. The Balaban J connectivity index is 1.83. The van der Waals surface area contributed by atoms with Gasteiger partial charge < -0.3 is 4.74 Å². The first kappa shape index (κ1) is 9.83. The number of Topliss-reactive ketones (excluding diaryl/α,β-unsaturated/α-hetero) is 1. The second kappa shape index (κ2) is 3.31. The van der Waals surface area contributed by atoms with Gasteiger partial charge in [-0.3, -0.25) is 4.79 Å². The standard InChI is InChI=1S/C13H20O2/c1-7(2)15-13-10-4-8-3-9(6-10)12(14)11(13)5-8/h7-11,13H,3-6H2,1-2H3. The summed E-state index contributed by atoms with van der Waals surface area (Å²) in [5.74, 6) is 2.70. The molecule has 2 heteroatoms. The molecule has 4 bridgehead atoms. The van der Waals surface area contributed by atoms with Crippen LogP contribution in [0.3, 0.4) is 0 Å². The van der Waals surface area contributed by atoms with E-state index in [4.69, 9.17) is 4.74 Å². The van der Waals surface area contributed by atoms with Crippen LogP contribution in [0.25, 0.3) is 0 Å². The van der Waals surface area contributed by atoms with Gasteiger partial charge in [-0.25, -0.2) is 0 Å². The van der Waals surface area contributed by atoms with Gasteiger partial charge in [0.05, 0.1) is 12.2 Å². The van der Waals surface area contributed by atoms with Crippen LogP contribution in [-0.4, -0.2) is 18.0 Å². The fourth-order valence-electron chi connectivity index (χ4n) is 4.10. The van der Waals surface area contributed by atoms with E-state index in [0.717, 1.165) is 18.8 Å². The zero-order valence-electron chi connectivity index (χ0n) is 9.61. The van der Waals surface area contributed by atoms with Gasteiger partial charge in [-0.05, 0) is 51.4 Å². The maximum Gasteiger partial charge on any atom is 0.141 e. The lowest BCUT2D eigenvalue weighted by Crippen LogP contribution is -2.55. The number of carbonyl (C=O) groups excluding carboxylic acids is 1. The normalized spacial score (nSPS) is 47.9. The van der Waals surface area contributed by atoms with E-state index in [1.807, 2.05) is 0 Å². The predicted molar refractivity (Wildman–Crippen MR) is 57.4 cm³/mol. The highest BCUT2D eigenvalue weighted by Gasteiger charge is 2.53. The molecule has 0 aliphatic heterocycles. The summed E-state index contributed by atoms with van der Waals surface area (Å²) in [7, 11) is 0. The van der Waals surface area contributed by atoms with Crippen molar-refractivity contribution in [1.82, 2.24) is 0 Å². The van der Waals surface area contributed by atoms with Gasteiger partial charge in [-0.2, -0.15) is 0 Å². The van der Waals surface area contributed by atoms with Gasteiger partial charge in [-0.1, -0.05) is 0 Å². The average molecular weight is 208 g/mol. The third kappa shape index (κ3) is 1.45. The van der Waals surface area contributed by atoms with Crippen molar-refractivity contribution in [3.63, 3.8) is 0 Å². The van der Waals surface area contributed by atoms with E-state index >= 15 is 0 Å². The Morgan fingerprint density at radius 3 is 2.73 bits per heavy atom. The second-order valence-electron chi connectivity index (χ2n) is 5.92. The number of rotatable bonds is 2. The highest BCUT2D eigenvalue weighted by molar-refractivity contribution is 5.86. The highest BCUT2D eigenvalue weighted by atomic mass is 16.5. The molecule has 0 spiro atoms. The number of carbonyl (C=O) groups is 1. The summed E-state index contributed by atoms with van der Waals surface area (Å²) in [4.78, 5) is 12.1. The Hall–Kier alpha value is -0.370. The molecule has 4 aliphatic carbocycles. The number of ether oxygens (including phenoxy) is 1. The van der Waals surface area contributed by atoms with Crippen molar-refractivity contribution >= 4 is 5.78 Å². The van der Waals surface area contributed by atoms with Gasteiger partial charge in [-0.15, -0.1) is 0 Å². The second-order valence-corrected chi connectivity index (χ2v) is 5.92. The quantitative estimate of drug-likeness (QED) is 0.696. The Kier molecular flexibility index (Phi) is 2.17. The van der Waals surface area contributed by atoms with E-state index in [0.29, 0.717) is 17.6 Å². The SMILES string of the molecule is CC(C)OC1C2CC3CC(C2)C(=O)C1C3. The van der Waals surface area contributed by atoms with Crippen LogP contribution in [0.5, 0.6) is 0 Å². The molecule has 0 radical (unpaired) electrons. The maximum atomic E-state index is 12.1. The molecule has 4 rings (SSSR count). The molecule has 4 saturated carbocycles. The zero-order chi connectivity index (χ0) is 10.6. The third-order valence-corrected chi connectivity index (χ3v) is 4.49. The van der Waals surface area contributed by atoms with E-state index in [1.165, 1.54) is 12.8 Å². The van der Waals surface area contributed by atoms with Gasteiger partial charge in [0.15, 0.2) is 0 Å². The fourth-order valence-corrected chi connectivity index (χ4v) is 4.10. The van der Waals surface area contributed by atoms with E-state index in [2.05, 4.69) is 13.8 Å². The molecular weight excluding hydrogens is 188 g/mol. The van der Waals surface area contributed by atoms with Gasteiger partial charge in [0.1, 0.15) is 5.78 Å². The van der Waals surface area contributed by atoms with Crippen molar-refractivity contribution in [3.05, 3.63) is 0 Å². The topological polar surface area (TPSA) is 26.3 Å². The van der Waals surface area contributed by atoms with Gasteiger partial charge in [0, 0.05) is 11.8 Å². The summed E-state index contributed by atoms with van der Waals surface area (Å²) >= 11 is 0. The first-order valence-corrected chi connectivity index (χ1v) is 6.34. The largest absolute Gasteiger partial charge is 0.375 e. The predicted octanol–water partition coefficient (Wildman–Crippen LogP) is 2.42. The lowest BCUT2D eigenvalue weighted by molar-refractivity contribution is -0.168. The third-order valence-electron chi connectivity index (χ3n) is 4.49. The minimum atomic E-state index is 0.253. The number of ketones is 1. The molecule has 15 heavy (non-hydrogen) atoms. The van der Waals surface area contributed by atoms with E-state index in [9.17, 15) is 4.79 Å². The Bertz CT molecular complexity index is 284. The Morgan fingerprint density at radius 2 is 2.00 bits per heavy atom. The van der Waals surface area contributed by atoms with Crippen molar-refractivity contribution in [3.8, 4) is 0 Å². The van der Waals surface area contributed by atoms with Gasteiger partial charge in [0.25, 0.3) is 0 Å². The lowest BCUT2D eigenvalue weighted by atomic mass is 9.54. The van der Waals surface area contributed by atoms with Crippen LogP contribution in [0.4, 0.5) is 0 Å². The van der Waals surface area contributed by atoms with Crippen LogP contribution in [-0.2, 0) is 9.53 Å². The summed E-state index contributed by atoms with van der Waals surface area (Å²) in [6.07, 6.45) is 5.25. The average Bonchev–Trinajstić information content (AvgIpc) is 2.18. The monoisotopic (exact) mass is 208 g/mol. The minimum absolute atomic E-state index is 0.253. The first-order chi connectivity index (χ1) is 7.15. The highest BCUT2D eigenvalue weighted by Crippen LogP contribution is 2.53. The molecular formula is C13H20O2. The smallest absolute Gasteiger partial charge is 0.141 e. The molecule has 5 unspecified atom stereocenters. The molecule has 4 fully saturated rings. The summed E-state index contributed by atoms with van der Waals surface area (Å²) in [6.45, 7) is 4.16. The van der Waals surface area contributed by atoms with Crippen LogP contribution >= 0.6 is 0 Å². The van der Waals surface area contributed by atoms with Crippen molar-refractivity contribution in [2.45, 2.75) is 51.7 Å². The van der Waals surface area contributed by atoms with E-state index in [-0.39, 0.29) is 18.1 Å². The van der Waals surface area contributed by atoms with Gasteiger partial charge in [0.2, 0.25) is 0 Å². The van der Waals surface area contributed by atoms with Gasteiger partial charge >= 0.3 is 0 Å². The molecule has 0 aromatic heterocycles. The molecule has 0 aromatic carbocycles. The van der Waals surface area contributed by atoms with Crippen LogP contribution < -0.4 is 0 Å². The molecule has 0 saturated heterocycles. The molecule has 0 amide bonds. The molecule has 4 aliphatic rings. The van der Waals surface area contributed by atoms with Crippen molar-refractivity contribution < 1.29 is 9.53 Å². The van der Waals surface area contributed by atoms with Crippen LogP contribution in [0.1, 0.15) is 39.5 Å². The summed E-state index contributed by atoms with van der Waals surface area (Å²) < 4.78 is 5.98. The van der Waals surface area contributed by atoms with Crippen molar-refractivity contribution in [2.75, 3.05) is 0 Å². The maximum absolute atomic E-state index is 12.1. The molecule has 2 nitrogen and oxygen atoms in total. The molecule has 0 N–H and O–H groups in total. The zero-order valence-corrected chi connectivity index (χ0v) is 9.61. The molecule has 0 aromatic rings. The van der Waals surface area contributed by atoms with E-state index < -0.39 is 0 Å². The van der Waals surface area contributed by atoms with E-state index in [1.54, 1.807) is 0 Å². The summed E-state index contributed by atoms with van der Waals surface area (Å²) in [6, 6.07) is 0.